The molecule has 1 aliphatic rings. The van der Waals surface area contributed by atoms with Crippen LogP contribution in [-0.4, -0.2) is 44.1 Å². The first-order valence-corrected chi connectivity index (χ1v) is 8.71. The molecule has 5 heteroatoms. The maximum absolute atomic E-state index is 12.3. The van der Waals surface area contributed by atoms with Gasteiger partial charge < -0.3 is 15.0 Å². The van der Waals surface area contributed by atoms with Gasteiger partial charge in [0.1, 0.15) is 10.6 Å². The van der Waals surface area contributed by atoms with Gasteiger partial charge in [-0.3, -0.25) is 4.79 Å². The van der Waals surface area contributed by atoms with Gasteiger partial charge in [-0.2, -0.15) is 0 Å². The van der Waals surface area contributed by atoms with Gasteiger partial charge in [0.05, 0.1) is 7.11 Å². The van der Waals surface area contributed by atoms with Crippen LogP contribution in [0.4, 0.5) is 0 Å². The fourth-order valence-corrected chi connectivity index (χ4v) is 4.14. The lowest BCUT2D eigenvalue weighted by Gasteiger charge is -2.17. The van der Waals surface area contributed by atoms with Crippen LogP contribution in [0.25, 0.3) is 0 Å². The molecule has 1 N–H and O–H groups in total. The van der Waals surface area contributed by atoms with Gasteiger partial charge in [-0.05, 0) is 45.3 Å². The molecule has 1 aromatic heterocycles. The van der Waals surface area contributed by atoms with Crippen LogP contribution in [0.3, 0.4) is 0 Å². The third-order valence-electron chi connectivity index (χ3n) is 4.11. The highest BCUT2D eigenvalue weighted by atomic mass is 32.1. The Morgan fingerprint density at radius 2 is 2.10 bits per heavy atom. The molecule has 1 aromatic rings. The van der Waals surface area contributed by atoms with Crippen LogP contribution in [0.2, 0.25) is 0 Å². The zero-order chi connectivity index (χ0) is 15.2. The number of methoxy groups -OCH3 is 1. The smallest absolute Gasteiger partial charge is 0.265 e. The molecule has 1 amide bonds. The second-order valence-corrected chi connectivity index (χ2v) is 6.46. The Morgan fingerprint density at radius 1 is 1.33 bits per heavy atom. The standard InChI is InChI=1S/C16H26N2O2S/c1-4-18(5-2)11-7-10-17-16(19)15-14(20-3)12-8-6-9-13(12)21-15/h4-11H2,1-3H3,(H,17,19). The van der Waals surface area contributed by atoms with Crippen molar-refractivity contribution in [3.05, 3.63) is 15.3 Å². The maximum atomic E-state index is 12.3. The van der Waals surface area contributed by atoms with Gasteiger partial charge >= 0.3 is 0 Å². The number of aryl methyl sites for hydroxylation is 1. The Bertz CT molecular complexity index is 481. The Balaban J connectivity index is 1.87. The normalized spacial score (nSPS) is 13.5. The minimum Gasteiger partial charge on any atom is -0.495 e. The lowest BCUT2D eigenvalue weighted by atomic mass is 10.2. The topological polar surface area (TPSA) is 41.6 Å². The molecule has 118 valence electrons. The Kier molecular flexibility index (Phi) is 6.06. The minimum absolute atomic E-state index is 0.0193. The first kappa shape index (κ1) is 16.3. The average molecular weight is 310 g/mol. The van der Waals surface area contributed by atoms with E-state index in [-0.39, 0.29) is 5.91 Å². The van der Waals surface area contributed by atoms with E-state index >= 15 is 0 Å². The van der Waals surface area contributed by atoms with Crippen molar-refractivity contribution < 1.29 is 9.53 Å². The van der Waals surface area contributed by atoms with E-state index in [1.54, 1.807) is 18.4 Å². The summed E-state index contributed by atoms with van der Waals surface area (Å²) in [6.07, 6.45) is 4.31. The van der Waals surface area contributed by atoms with Crippen LogP contribution in [-0.2, 0) is 12.8 Å². The minimum atomic E-state index is 0.0193. The van der Waals surface area contributed by atoms with Crippen molar-refractivity contribution in [2.45, 2.75) is 39.5 Å². The number of ether oxygens (including phenoxy) is 1. The third kappa shape index (κ3) is 3.77. The van der Waals surface area contributed by atoms with Crippen molar-refractivity contribution in [2.75, 3.05) is 33.3 Å². The molecule has 0 aromatic carbocycles. The number of thiophene rings is 1. The van der Waals surface area contributed by atoms with E-state index in [1.807, 2.05) is 0 Å². The van der Waals surface area contributed by atoms with Crippen molar-refractivity contribution in [3.8, 4) is 5.75 Å². The highest BCUT2D eigenvalue weighted by Crippen LogP contribution is 2.40. The molecular formula is C16H26N2O2S. The molecule has 0 saturated carbocycles. The van der Waals surface area contributed by atoms with E-state index < -0.39 is 0 Å². The van der Waals surface area contributed by atoms with Crippen molar-refractivity contribution in [2.24, 2.45) is 0 Å². The van der Waals surface area contributed by atoms with Gasteiger partial charge in [-0.25, -0.2) is 0 Å². The van der Waals surface area contributed by atoms with Crippen molar-refractivity contribution in [1.82, 2.24) is 10.2 Å². The third-order valence-corrected chi connectivity index (χ3v) is 5.39. The molecule has 1 aliphatic carbocycles. The number of carbonyl (C=O) groups excluding carboxylic acids is 1. The zero-order valence-corrected chi connectivity index (χ0v) is 14.1. The number of carbonyl (C=O) groups is 1. The molecule has 0 bridgehead atoms. The number of nitrogens with one attached hydrogen (secondary N) is 1. The van der Waals surface area contributed by atoms with E-state index in [4.69, 9.17) is 4.74 Å². The van der Waals surface area contributed by atoms with Crippen LogP contribution < -0.4 is 10.1 Å². The van der Waals surface area contributed by atoms with Crippen molar-refractivity contribution in [3.63, 3.8) is 0 Å². The van der Waals surface area contributed by atoms with Gasteiger partial charge in [0.15, 0.2) is 0 Å². The van der Waals surface area contributed by atoms with E-state index in [0.29, 0.717) is 0 Å². The van der Waals surface area contributed by atoms with E-state index in [9.17, 15) is 4.79 Å². The maximum Gasteiger partial charge on any atom is 0.265 e. The summed E-state index contributed by atoms with van der Waals surface area (Å²) in [6.45, 7) is 8.22. The molecule has 0 unspecified atom stereocenters. The first-order valence-electron chi connectivity index (χ1n) is 7.90. The summed E-state index contributed by atoms with van der Waals surface area (Å²) in [6, 6.07) is 0. The molecular weight excluding hydrogens is 284 g/mol. The van der Waals surface area contributed by atoms with Gasteiger partial charge in [-0.15, -0.1) is 11.3 Å². The SMILES string of the molecule is CCN(CC)CCCNC(=O)c1sc2c(c1OC)CCC2. The number of rotatable bonds is 8. The molecule has 0 aliphatic heterocycles. The van der Waals surface area contributed by atoms with Gasteiger partial charge in [-0.1, -0.05) is 13.8 Å². The van der Waals surface area contributed by atoms with Crippen LogP contribution in [0, 0.1) is 0 Å². The number of amides is 1. The van der Waals surface area contributed by atoms with E-state index in [0.717, 1.165) is 56.1 Å². The highest BCUT2D eigenvalue weighted by molar-refractivity contribution is 7.14. The fraction of sp³-hybridized carbons (Fsp3) is 0.688. The summed E-state index contributed by atoms with van der Waals surface area (Å²) in [5.41, 5.74) is 1.26. The van der Waals surface area contributed by atoms with E-state index in [1.165, 1.54) is 16.9 Å². The average Bonchev–Trinajstić information content (AvgIpc) is 3.07. The second-order valence-electron chi connectivity index (χ2n) is 5.36. The highest BCUT2D eigenvalue weighted by Gasteiger charge is 2.26. The summed E-state index contributed by atoms with van der Waals surface area (Å²) >= 11 is 1.61. The second kappa shape index (κ2) is 7.80. The zero-order valence-electron chi connectivity index (χ0n) is 13.3. The van der Waals surface area contributed by atoms with Crippen LogP contribution >= 0.6 is 11.3 Å². The number of fused-ring (bicyclic) bond motifs is 1. The largest absolute Gasteiger partial charge is 0.495 e. The lowest BCUT2D eigenvalue weighted by Crippen LogP contribution is -2.29. The number of hydrogen-bond donors (Lipinski definition) is 1. The van der Waals surface area contributed by atoms with Crippen LogP contribution in [0.15, 0.2) is 0 Å². The molecule has 4 nitrogen and oxygen atoms in total. The van der Waals surface area contributed by atoms with Crippen LogP contribution in [0.5, 0.6) is 5.75 Å². The Labute approximate surface area is 131 Å². The van der Waals surface area contributed by atoms with Crippen molar-refractivity contribution >= 4 is 17.2 Å². The monoisotopic (exact) mass is 310 g/mol. The molecule has 21 heavy (non-hydrogen) atoms. The summed E-state index contributed by atoms with van der Waals surface area (Å²) in [7, 11) is 1.66. The quantitative estimate of drug-likeness (QED) is 0.751. The molecule has 0 atom stereocenters. The summed E-state index contributed by atoms with van der Waals surface area (Å²) < 4.78 is 5.47. The fourth-order valence-electron chi connectivity index (χ4n) is 2.87. The summed E-state index contributed by atoms with van der Waals surface area (Å²) in [5, 5.41) is 3.03. The molecule has 0 spiro atoms. The van der Waals surface area contributed by atoms with Gasteiger partial charge in [0.2, 0.25) is 0 Å². The Hall–Kier alpha value is -1.07. The molecule has 2 rings (SSSR count). The Morgan fingerprint density at radius 3 is 2.76 bits per heavy atom. The molecule has 0 saturated heterocycles. The molecule has 0 fully saturated rings. The van der Waals surface area contributed by atoms with Gasteiger partial charge in [0, 0.05) is 17.0 Å². The summed E-state index contributed by atoms with van der Waals surface area (Å²) in [4.78, 5) is 16.8. The summed E-state index contributed by atoms with van der Waals surface area (Å²) in [5.74, 6) is 0.833. The number of hydrogen-bond acceptors (Lipinski definition) is 4. The van der Waals surface area contributed by atoms with Crippen molar-refractivity contribution in [1.29, 1.82) is 0 Å². The van der Waals surface area contributed by atoms with Gasteiger partial charge in [0.25, 0.3) is 5.91 Å². The predicted octanol–water partition coefficient (Wildman–Crippen LogP) is 2.71. The molecule has 1 heterocycles. The molecule has 0 radical (unpaired) electrons. The predicted molar refractivity (Wildman–Crippen MR) is 87.6 cm³/mol. The van der Waals surface area contributed by atoms with E-state index in [2.05, 4.69) is 24.1 Å². The first-order chi connectivity index (χ1) is 10.2. The number of nitrogens with zero attached hydrogens (tertiary/aromatic N) is 1. The van der Waals surface area contributed by atoms with Crippen LogP contribution in [0.1, 0.15) is 46.8 Å². The lowest BCUT2D eigenvalue weighted by molar-refractivity contribution is 0.0953.